The molecule has 0 aromatic heterocycles. The molecular formula is C28H45N3O13. The van der Waals surface area contributed by atoms with Crippen molar-refractivity contribution in [2.24, 2.45) is 0 Å². The van der Waals surface area contributed by atoms with Gasteiger partial charge in [0, 0.05) is 50.7 Å². The van der Waals surface area contributed by atoms with Crippen LogP contribution >= 0.6 is 0 Å². The Balaban J connectivity index is 1.89. The van der Waals surface area contributed by atoms with Crippen LogP contribution in [-0.2, 0) is 44.4 Å². The van der Waals surface area contributed by atoms with Crippen LogP contribution in [0.5, 0.6) is 0 Å². The highest BCUT2D eigenvalue weighted by Gasteiger charge is 2.18. The molecule has 0 unspecified atom stereocenters. The Labute approximate surface area is 256 Å². The van der Waals surface area contributed by atoms with E-state index in [1.165, 1.54) is 12.1 Å². The molecule has 1 rings (SSSR count). The Morgan fingerprint density at radius 3 is 1.80 bits per heavy atom. The summed E-state index contributed by atoms with van der Waals surface area (Å²) in [5.41, 5.74) is -0.176. The molecule has 0 saturated carbocycles. The SMILES string of the molecule is O=C(CCCOCCOCCOCCCc1ccc([N+](=O)[O-])cc1[N+](=O)[O-])CCC(=O)NCCOCCOCCOCCO. The predicted octanol–water partition coefficient (Wildman–Crippen LogP) is 1.77. The molecule has 1 amide bonds. The van der Waals surface area contributed by atoms with E-state index >= 15 is 0 Å². The van der Waals surface area contributed by atoms with Crippen LogP contribution in [0.25, 0.3) is 0 Å². The number of benzene rings is 1. The van der Waals surface area contributed by atoms with E-state index < -0.39 is 9.85 Å². The number of carbonyl (C=O) groups excluding carboxylic acids is 2. The second-order valence-corrected chi connectivity index (χ2v) is 9.32. The molecule has 16 nitrogen and oxygen atoms in total. The van der Waals surface area contributed by atoms with Gasteiger partial charge in [0.2, 0.25) is 5.91 Å². The number of hydrogen-bond donors (Lipinski definition) is 2. The Hall–Kier alpha value is -3.12. The topological polar surface area (TPSA) is 208 Å². The third kappa shape index (κ3) is 20.7. The number of ketones is 1. The summed E-state index contributed by atoms with van der Waals surface area (Å²) < 4.78 is 32.0. The summed E-state index contributed by atoms with van der Waals surface area (Å²) in [5, 5.41) is 33.3. The molecule has 0 aliphatic carbocycles. The predicted molar refractivity (Wildman–Crippen MR) is 157 cm³/mol. The Morgan fingerprint density at radius 2 is 1.23 bits per heavy atom. The number of hydrogen-bond acceptors (Lipinski definition) is 13. The van der Waals surface area contributed by atoms with Gasteiger partial charge in [0.15, 0.2) is 0 Å². The van der Waals surface area contributed by atoms with Crippen molar-refractivity contribution in [1.82, 2.24) is 5.32 Å². The maximum absolute atomic E-state index is 12.0. The van der Waals surface area contributed by atoms with Gasteiger partial charge in [-0.05, 0) is 25.3 Å². The minimum Gasteiger partial charge on any atom is -0.394 e. The molecule has 0 aliphatic rings. The summed E-state index contributed by atoms with van der Waals surface area (Å²) in [6, 6.07) is 3.61. The highest BCUT2D eigenvalue weighted by molar-refractivity contribution is 5.84. The molecule has 1 aromatic rings. The molecule has 1 aromatic carbocycles. The first-order valence-electron chi connectivity index (χ1n) is 14.6. The largest absolute Gasteiger partial charge is 0.394 e. The van der Waals surface area contributed by atoms with Crippen LogP contribution in [0, 0.1) is 20.2 Å². The van der Waals surface area contributed by atoms with E-state index in [0.29, 0.717) is 110 Å². The molecule has 0 spiro atoms. The fraction of sp³-hybridized carbons (Fsp3) is 0.714. The van der Waals surface area contributed by atoms with Crippen molar-refractivity contribution in [3.05, 3.63) is 44.0 Å². The van der Waals surface area contributed by atoms with Gasteiger partial charge in [0.05, 0.1) is 88.6 Å². The molecule has 2 N–H and O–H groups in total. The van der Waals surface area contributed by atoms with E-state index in [4.69, 9.17) is 33.5 Å². The lowest BCUT2D eigenvalue weighted by Crippen LogP contribution is -2.28. The van der Waals surface area contributed by atoms with Crippen molar-refractivity contribution in [1.29, 1.82) is 0 Å². The summed E-state index contributed by atoms with van der Waals surface area (Å²) in [4.78, 5) is 44.5. The van der Waals surface area contributed by atoms with Gasteiger partial charge in [-0.2, -0.15) is 0 Å². The van der Waals surface area contributed by atoms with Crippen molar-refractivity contribution >= 4 is 23.1 Å². The number of ether oxygens (including phenoxy) is 6. The second kappa shape index (κ2) is 26.3. The highest BCUT2D eigenvalue weighted by atomic mass is 16.6. The van der Waals surface area contributed by atoms with Crippen LogP contribution in [0.1, 0.15) is 37.7 Å². The number of nitrogens with zero attached hydrogens (tertiary/aromatic N) is 2. The van der Waals surface area contributed by atoms with Crippen LogP contribution < -0.4 is 5.32 Å². The lowest BCUT2D eigenvalue weighted by Gasteiger charge is -2.08. The van der Waals surface area contributed by atoms with Gasteiger partial charge < -0.3 is 38.8 Å². The first kappa shape index (κ1) is 38.9. The summed E-state index contributed by atoms with van der Waals surface area (Å²) in [5.74, 6) is -0.207. The molecular weight excluding hydrogens is 586 g/mol. The maximum Gasteiger partial charge on any atom is 0.279 e. The Bertz CT molecular complexity index is 965. The van der Waals surface area contributed by atoms with Crippen molar-refractivity contribution in [2.75, 3.05) is 92.4 Å². The summed E-state index contributed by atoms with van der Waals surface area (Å²) in [6.07, 6.45) is 2.06. The zero-order valence-corrected chi connectivity index (χ0v) is 25.1. The molecule has 0 radical (unpaired) electrons. The third-order valence-corrected chi connectivity index (χ3v) is 5.88. The van der Waals surface area contributed by atoms with Crippen LogP contribution in [-0.4, -0.2) is 119 Å². The Kier molecular flexibility index (Phi) is 23.3. The van der Waals surface area contributed by atoms with Crippen LogP contribution in [0.3, 0.4) is 0 Å². The van der Waals surface area contributed by atoms with Gasteiger partial charge in [-0.25, -0.2) is 0 Å². The van der Waals surface area contributed by atoms with Gasteiger partial charge in [-0.3, -0.25) is 29.8 Å². The summed E-state index contributed by atoms with van der Waals surface area (Å²) in [6.45, 7) is 4.80. The van der Waals surface area contributed by atoms with Crippen LogP contribution in [0.15, 0.2) is 18.2 Å². The van der Waals surface area contributed by atoms with E-state index in [2.05, 4.69) is 5.32 Å². The number of non-ortho nitro benzene ring substituents is 1. The fourth-order valence-corrected chi connectivity index (χ4v) is 3.66. The molecule has 0 atom stereocenters. The number of aliphatic hydroxyl groups excluding tert-OH is 1. The van der Waals surface area contributed by atoms with E-state index in [-0.39, 0.29) is 49.1 Å². The molecule has 44 heavy (non-hydrogen) atoms. The smallest absolute Gasteiger partial charge is 0.279 e. The molecule has 16 heteroatoms. The van der Waals surface area contributed by atoms with Crippen molar-refractivity contribution < 1.29 is 53.0 Å². The fourth-order valence-electron chi connectivity index (χ4n) is 3.66. The highest BCUT2D eigenvalue weighted by Crippen LogP contribution is 2.25. The Morgan fingerprint density at radius 1 is 0.682 bits per heavy atom. The van der Waals surface area contributed by atoms with Gasteiger partial charge in [-0.15, -0.1) is 0 Å². The molecule has 0 saturated heterocycles. The number of nitro groups is 2. The second-order valence-electron chi connectivity index (χ2n) is 9.32. The monoisotopic (exact) mass is 631 g/mol. The zero-order chi connectivity index (χ0) is 32.3. The number of Topliss-reactive ketones (excluding diaryl/α,β-unsaturated/α-hetero) is 1. The number of nitrogens with one attached hydrogen (secondary N) is 1. The lowest BCUT2D eigenvalue weighted by atomic mass is 10.1. The van der Waals surface area contributed by atoms with Gasteiger partial charge in [-0.1, -0.05) is 0 Å². The maximum atomic E-state index is 12.0. The van der Waals surface area contributed by atoms with Crippen LogP contribution in [0.4, 0.5) is 11.4 Å². The molecule has 0 bridgehead atoms. The van der Waals surface area contributed by atoms with Gasteiger partial charge >= 0.3 is 0 Å². The van der Waals surface area contributed by atoms with Crippen molar-refractivity contribution in [3.8, 4) is 0 Å². The van der Waals surface area contributed by atoms with Gasteiger partial charge in [0.25, 0.3) is 11.4 Å². The van der Waals surface area contributed by atoms with E-state index in [1.54, 1.807) is 0 Å². The minimum atomic E-state index is -0.667. The third-order valence-electron chi connectivity index (χ3n) is 5.88. The quantitative estimate of drug-likeness (QED) is 0.0706. The van der Waals surface area contributed by atoms with Gasteiger partial charge in [0.1, 0.15) is 5.78 Å². The van der Waals surface area contributed by atoms with E-state index in [9.17, 15) is 29.8 Å². The standard InChI is InChI=1S/C28H45N3O13/c32-10-14-42-18-22-44-21-17-41-13-9-29-28(34)8-7-26(33)4-2-12-40-16-20-43-19-15-39-11-1-3-24-5-6-25(30(35)36)23-27(24)31(37)38/h5-6,23,32H,1-4,7-22H2,(H,29,34). The van der Waals surface area contributed by atoms with E-state index in [1.807, 2.05) is 0 Å². The molecule has 250 valence electrons. The average Bonchev–Trinajstić information content (AvgIpc) is 3.00. The number of carbonyl (C=O) groups is 2. The molecule has 0 heterocycles. The average molecular weight is 632 g/mol. The molecule has 0 fully saturated rings. The zero-order valence-electron chi connectivity index (χ0n) is 25.1. The number of aliphatic hydroxyl groups is 1. The summed E-state index contributed by atoms with van der Waals surface area (Å²) in [7, 11) is 0. The first-order valence-corrected chi connectivity index (χ1v) is 14.6. The lowest BCUT2D eigenvalue weighted by molar-refractivity contribution is -0.394. The van der Waals surface area contributed by atoms with Crippen molar-refractivity contribution in [2.45, 2.75) is 38.5 Å². The summed E-state index contributed by atoms with van der Waals surface area (Å²) >= 11 is 0. The normalized spacial score (nSPS) is 11.0. The molecule has 0 aliphatic heterocycles. The number of aryl methyl sites for hydroxylation is 1. The number of rotatable bonds is 30. The van der Waals surface area contributed by atoms with Crippen LogP contribution in [0.2, 0.25) is 0 Å². The minimum absolute atomic E-state index is 0.00306. The van der Waals surface area contributed by atoms with Crippen molar-refractivity contribution in [3.63, 3.8) is 0 Å². The van der Waals surface area contributed by atoms with E-state index in [0.717, 1.165) is 6.07 Å². The number of nitro benzene ring substituents is 2. The number of amides is 1. The first-order chi connectivity index (χ1) is 21.3.